The topological polar surface area (TPSA) is 107 Å². The van der Waals surface area contributed by atoms with E-state index in [1.54, 1.807) is 6.07 Å². The minimum Gasteiger partial charge on any atom is -0.398 e. The van der Waals surface area contributed by atoms with Gasteiger partial charge in [0.25, 0.3) is 5.56 Å². The number of amides is 2. The van der Waals surface area contributed by atoms with E-state index in [1.165, 1.54) is 13.0 Å². The predicted molar refractivity (Wildman–Crippen MR) is 91.5 cm³/mol. The zero-order valence-electron chi connectivity index (χ0n) is 12.9. The first kappa shape index (κ1) is 16.4. The first-order chi connectivity index (χ1) is 11.2. The van der Waals surface area contributed by atoms with Gasteiger partial charge in [-0.05, 0) is 19.4 Å². The van der Waals surface area contributed by atoms with Gasteiger partial charge in [0, 0.05) is 11.5 Å². The number of aryl methyl sites for hydroxylation is 1. The molecule has 1 saturated heterocycles. The molecule has 0 spiro atoms. The fraction of sp³-hybridized carbons (Fsp3) is 0.286. The Morgan fingerprint density at radius 1 is 1.38 bits per heavy atom. The summed E-state index contributed by atoms with van der Waals surface area (Å²) in [4.78, 5) is 41.1. The van der Waals surface area contributed by atoms with Crippen LogP contribution in [0.15, 0.2) is 16.9 Å². The highest BCUT2D eigenvalue weighted by molar-refractivity contribution is 6.37. The maximum atomic E-state index is 13.0. The van der Waals surface area contributed by atoms with Crippen LogP contribution in [0.25, 0.3) is 10.9 Å². The highest BCUT2D eigenvalue weighted by atomic mass is 16.2. The summed E-state index contributed by atoms with van der Waals surface area (Å²) in [6, 6.07) is 3.09. The van der Waals surface area contributed by atoms with Gasteiger partial charge >= 0.3 is 0 Å². The Morgan fingerprint density at radius 2 is 2.04 bits per heavy atom. The van der Waals surface area contributed by atoms with Crippen LogP contribution in [-0.2, 0) is 15.0 Å². The van der Waals surface area contributed by atoms with Crippen LogP contribution in [0.2, 0.25) is 5.82 Å². The lowest BCUT2D eigenvalue weighted by Crippen LogP contribution is -2.60. The van der Waals surface area contributed by atoms with Gasteiger partial charge in [0.15, 0.2) is 0 Å². The molecule has 1 fully saturated rings. The Hall–Kier alpha value is -2.51. The first-order valence-corrected chi connectivity index (χ1v) is 7.14. The predicted octanol–water partition coefficient (Wildman–Crippen LogP) is -2.09. The van der Waals surface area contributed by atoms with E-state index in [-0.39, 0.29) is 28.8 Å². The van der Waals surface area contributed by atoms with E-state index in [0.29, 0.717) is 5.52 Å². The molecule has 2 aromatic rings. The summed E-state index contributed by atoms with van der Waals surface area (Å²) < 4.78 is 1.01. The average Bonchev–Trinajstić information content (AvgIpc) is 2.49. The van der Waals surface area contributed by atoms with E-state index < -0.39 is 28.6 Å². The first-order valence-electron chi connectivity index (χ1n) is 7.14. The number of nitrogen functional groups attached to an aromatic ring is 1. The van der Waals surface area contributed by atoms with E-state index in [2.05, 4.69) is 10.3 Å². The van der Waals surface area contributed by atoms with Crippen molar-refractivity contribution in [2.24, 2.45) is 0 Å². The lowest BCUT2D eigenvalue weighted by Gasteiger charge is -2.38. The second kappa shape index (κ2) is 5.26. The largest absolute Gasteiger partial charge is 0.398 e. The van der Waals surface area contributed by atoms with Gasteiger partial charge in [0.05, 0.1) is 24.2 Å². The number of nitrogens with two attached hydrogens (primary N) is 1. The number of rotatable bonds is 1. The zero-order valence-corrected chi connectivity index (χ0v) is 12.9. The number of aromatic nitrogens is 2. The lowest BCUT2D eigenvalue weighted by atomic mass is 9.63. The van der Waals surface area contributed by atoms with Gasteiger partial charge in [-0.3, -0.25) is 24.3 Å². The third-order valence-corrected chi connectivity index (χ3v) is 4.18. The zero-order chi connectivity index (χ0) is 17.8. The van der Waals surface area contributed by atoms with Gasteiger partial charge in [-0.25, -0.2) is 4.98 Å². The fourth-order valence-corrected chi connectivity index (χ4v) is 2.92. The number of benzene rings is 1. The maximum absolute atomic E-state index is 13.0. The smallest absolute Gasteiger partial charge is 0.263 e. The lowest BCUT2D eigenvalue weighted by molar-refractivity contribution is -0.137. The summed E-state index contributed by atoms with van der Waals surface area (Å²) in [5.74, 6) is -2.32. The minimum atomic E-state index is -1.85. The SMILES string of the molecule is [B]c1ccc2nc(C)n(C3([B])CC([B])C(=O)NC3=O)c(=O)c2c1N. The summed E-state index contributed by atoms with van der Waals surface area (Å²) in [7, 11) is 17.6. The molecule has 3 N–H and O–H groups in total. The number of fused-ring (bicyclic) bond motifs is 1. The summed E-state index contributed by atoms with van der Waals surface area (Å²) >= 11 is 0. The number of anilines is 1. The Kier molecular flexibility index (Phi) is 3.58. The number of carbonyl (C=O) groups excluding carboxylic acids is 2. The van der Waals surface area contributed by atoms with E-state index in [1.807, 2.05) is 0 Å². The van der Waals surface area contributed by atoms with Gasteiger partial charge < -0.3 is 5.73 Å². The standard InChI is InChI=1S/C14H11B3N4O3/c1-5-19-8-3-2-6(15)10(18)9(8)12(23)21(5)14(17)4-7(16)11(22)20-13(14)24/h2-3,7H,4,18H2,1H3,(H,20,22,24). The summed E-state index contributed by atoms with van der Waals surface area (Å²) in [6.07, 6.45) is -0.242. The van der Waals surface area contributed by atoms with Gasteiger partial charge in [0.1, 0.15) is 21.5 Å². The van der Waals surface area contributed by atoms with Crippen molar-refractivity contribution in [1.29, 1.82) is 0 Å². The van der Waals surface area contributed by atoms with E-state index in [4.69, 9.17) is 29.3 Å². The van der Waals surface area contributed by atoms with Crippen LogP contribution in [0.1, 0.15) is 12.2 Å². The van der Waals surface area contributed by atoms with Crippen molar-refractivity contribution in [2.75, 3.05) is 5.73 Å². The van der Waals surface area contributed by atoms with Gasteiger partial charge in [0.2, 0.25) is 11.8 Å². The molecule has 7 nitrogen and oxygen atoms in total. The molecular formula is C14H11B3N4O3. The van der Waals surface area contributed by atoms with Crippen molar-refractivity contribution < 1.29 is 9.59 Å². The van der Waals surface area contributed by atoms with Crippen LogP contribution in [0.4, 0.5) is 5.69 Å². The molecule has 0 bridgehead atoms. The molecule has 6 radical (unpaired) electrons. The monoisotopic (exact) mass is 316 g/mol. The Balaban J connectivity index is 2.34. The van der Waals surface area contributed by atoms with E-state index in [0.717, 1.165) is 4.57 Å². The molecule has 3 rings (SSSR count). The Morgan fingerprint density at radius 3 is 2.71 bits per heavy atom. The second-order valence-electron chi connectivity index (χ2n) is 5.82. The molecule has 1 aromatic carbocycles. The number of nitrogens with one attached hydrogen (secondary N) is 1. The third kappa shape index (κ3) is 2.17. The van der Waals surface area contributed by atoms with Crippen LogP contribution in [-0.4, -0.2) is 44.9 Å². The molecule has 24 heavy (non-hydrogen) atoms. The van der Waals surface area contributed by atoms with Crippen LogP contribution in [0.5, 0.6) is 0 Å². The van der Waals surface area contributed by atoms with Crippen LogP contribution in [0, 0.1) is 6.92 Å². The summed E-state index contributed by atoms with van der Waals surface area (Å²) in [5.41, 5.74) is 4.02. The molecule has 2 atom stereocenters. The second-order valence-corrected chi connectivity index (χ2v) is 5.82. The number of imide groups is 1. The van der Waals surface area contributed by atoms with Crippen LogP contribution in [0.3, 0.4) is 0 Å². The molecule has 2 heterocycles. The Labute approximate surface area is 141 Å². The maximum Gasteiger partial charge on any atom is 0.263 e. The van der Waals surface area contributed by atoms with Crippen LogP contribution < -0.4 is 22.1 Å². The molecule has 0 saturated carbocycles. The highest BCUT2D eigenvalue weighted by Gasteiger charge is 2.44. The highest BCUT2D eigenvalue weighted by Crippen LogP contribution is 2.29. The van der Waals surface area contributed by atoms with Crippen molar-refractivity contribution in [3.05, 3.63) is 28.3 Å². The number of hydrogen-bond acceptors (Lipinski definition) is 5. The van der Waals surface area contributed by atoms with E-state index >= 15 is 0 Å². The molecule has 0 aliphatic carbocycles. The van der Waals surface area contributed by atoms with Crippen molar-refractivity contribution in [2.45, 2.75) is 24.6 Å². The fourth-order valence-electron chi connectivity index (χ4n) is 2.92. The summed E-state index contributed by atoms with van der Waals surface area (Å²) in [6.45, 7) is 1.53. The molecule has 114 valence electrons. The van der Waals surface area contributed by atoms with Crippen LogP contribution >= 0.6 is 0 Å². The molecule has 2 unspecified atom stereocenters. The number of hydrogen-bond donors (Lipinski definition) is 2. The number of piperidine rings is 1. The molecule has 1 aliphatic rings. The normalized spacial score (nSPS) is 24.1. The minimum absolute atomic E-state index is 0.0546. The van der Waals surface area contributed by atoms with Crippen molar-refractivity contribution >= 4 is 57.4 Å². The Bertz CT molecular complexity index is 958. The quantitative estimate of drug-likeness (QED) is 0.356. The molecule has 1 aliphatic heterocycles. The third-order valence-electron chi connectivity index (χ3n) is 4.18. The van der Waals surface area contributed by atoms with Crippen molar-refractivity contribution in [1.82, 2.24) is 14.9 Å². The van der Waals surface area contributed by atoms with Gasteiger partial charge in [-0.15, -0.1) is 0 Å². The van der Waals surface area contributed by atoms with Gasteiger partial charge in [-0.2, -0.15) is 0 Å². The average molecular weight is 316 g/mol. The molecular weight excluding hydrogens is 305 g/mol. The number of nitrogens with zero attached hydrogens (tertiary/aromatic N) is 2. The van der Waals surface area contributed by atoms with E-state index in [9.17, 15) is 14.4 Å². The number of carbonyl (C=O) groups is 2. The molecule has 1 aromatic heterocycles. The summed E-state index contributed by atoms with van der Waals surface area (Å²) in [5, 5.41) is 2.13. The molecule has 10 heteroatoms. The van der Waals surface area contributed by atoms with Crippen molar-refractivity contribution in [3.63, 3.8) is 0 Å². The van der Waals surface area contributed by atoms with Crippen molar-refractivity contribution in [3.8, 4) is 0 Å². The molecule has 2 amide bonds. The van der Waals surface area contributed by atoms with Gasteiger partial charge in [-0.1, -0.05) is 11.5 Å².